The van der Waals surface area contributed by atoms with Crippen LogP contribution in [0.2, 0.25) is 10.0 Å². The molecule has 0 aliphatic carbocycles. The molecule has 3 aromatic carbocycles. The molecule has 0 saturated carbocycles. The van der Waals surface area contributed by atoms with Crippen LogP contribution in [-0.2, 0) is 11.3 Å². The average Bonchev–Trinajstić information content (AvgIpc) is 2.87. The Hall–Kier alpha value is -2.57. The van der Waals surface area contributed by atoms with Crippen molar-refractivity contribution in [3.05, 3.63) is 99.0 Å². The van der Waals surface area contributed by atoms with Crippen LogP contribution in [0.15, 0.2) is 66.7 Å². The molecule has 35 heavy (non-hydrogen) atoms. The number of hydrogen-bond acceptors (Lipinski definition) is 4. The van der Waals surface area contributed by atoms with Gasteiger partial charge in [-0.05, 0) is 48.4 Å². The molecule has 7 heteroatoms. The third kappa shape index (κ3) is 6.77. The van der Waals surface area contributed by atoms with Gasteiger partial charge in [-0.3, -0.25) is 9.69 Å². The first kappa shape index (κ1) is 25.5. The molecule has 0 spiro atoms. The number of methoxy groups -OCH3 is 1. The summed E-state index contributed by atoms with van der Waals surface area (Å²) in [6.07, 6.45) is -0.126. The minimum Gasteiger partial charge on any atom is -0.497 e. The minimum atomic E-state index is -0.126. The second-order valence-electron chi connectivity index (χ2n) is 8.78. The van der Waals surface area contributed by atoms with Gasteiger partial charge < -0.3 is 14.4 Å². The van der Waals surface area contributed by atoms with E-state index in [9.17, 15) is 4.79 Å². The summed E-state index contributed by atoms with van der Waals surface area (Å²) in [5, 5.41) is 0.901. The second-order valence-corrected chi connectivity index (χ2v) is 9.62. The highest BCUT2D eigenvalue weighted by Gasteiger charge is 2.26. The maximum atomic E-state index is 13.0. The van der Waals surface area contributed by atoms with E-state index >= 15 is 0 Å². The predicted molar refractivity (Wildman–Crippen MR) is 141 cm³/mol. The zero-order chi connectivity index (χ0) is 24.8. The molecule has 0 radical (unpaired) electrons. The summed E-state index contributed by atoms with van der Waals surface area (Å²) in [6.45, 7) is 6.09. The van der Waals surface area contributed by atoms with Gasteiger partial charge in [-0.2, -0.15) is 0 Å². The molecule has 1 saturated heterocycles. The Balaban J connectivity index is 1.41. The van der Waals surface area contributed by atoms with Crippen LogP contribution >= 0.6 is 23.2 Å². The van der Waals surface area contributed by atoms with E-state index in [4.69, 9.17) is 32.7 Å². The Morgan fingerprint density at radius 3 is 2.40 bits per heavy atom. The highest BCUT2D eigenvalue weighted by Crippen LogP contribution is 2.26. The molecule has 5 nitrogen and oxygen atoms in total. The van der Waals surface area contributed by atoms with Crippen molar-refractivity contribution in [3.8, 4) is 5.75 Å². The molecule has 4 rings (SSSR count). The van der Waals surface area contributed by atoms with Crippen molar-refractivity contribution in [1.29, 1.82) is 0 Å². The molecule has 0 aromatic heterocycles. The molecule has 1 aliphatic rings. The fraction of sp³-hybridized carbons (Fsp3) is 0.321. The van der Waals surface area contributed by atoms with Gasteiger partial charge in [0.1, 0.15) is 5.75 Å². The van der Waals surface area contributed by atoms with Gasteiger partial charge in [-0.1, -0.05) is 65.2 Å². The quantitative estimate of drug-likeness (QED) is 0.369. The van der Waals surface area contributed by atoms with Crippen molar-refractivity contribution in [1.82, 2.24) is 9.80 Å². The minimum absolute atomic E-state index is 0.0636. The summed E-state index contributed by atoms with van der Waals surface area (Å²) in [4.78, 5) is 17.2. The summed E-state index contributed by atoms with van der Waals surface area (Å²) < 4.78 is 11.9. The van der Waals surface area contributed by atoms with E-state index in [1.54, 1.807) is 25.3 Å². The topological polar surface area (TPSA) is 42.0 Å². The van der Waals surface area contributed by atoms with Crippen molar-refractivity contribution in [2.45, 2.75) is 19.6 Å². The lowest BCUT2D eigenvalue weighted by Crippen LogP contribution is -2.49. The van der Waals surface area contributed by atoms with E-state index < -0.39 is 0 Å². The summed E-state index contributed by atoms with van der Waals surface area (Å²) in [5.74, 6) is 0.743. The van der Waals surface area contributed by atoms with Crippen LogP contribution in [0, 0.1) is 6.92 Å². The van der Waals surface area contributed by atoms with Crippen molar-refractivity contribution < 1.29 is 14.3 Å². The summed E-state index contributed by atoms with van der Waals surface area (Å²) in [6, 6.07) is 21.4. The molecule has 1 amide bonds. The maximum absolute atomic E-state index is 13.0. The van der Waals surface area contributed by atoms with Gasteiger partial charge in [0.05, 0.1) is 30.4 Å². The monoisotopic (exact) mass is 512 g/mol. The summed E-state index contributed by atoms with van der Waals surface area (Å²) in [5.41, 5.74) is 3.92. The average molecular weight is 513 g/mol. The van der Waals surface area contributed by atoms with Crippen LogP contribution in [0.1, 0.15) is 33.2 Å². The normalized spacial score (nSPS) is 15.1. The van der Waals surface area contributed by atoms with E-state index in [0.717, 1.165) is 36.5 Å². The predicted octanol–water partition coefficient (Wildman–Crippen LogP) is 6.03. The number of amides is 1. The van der Waals surface area contributed by atoms with Crippen LogP contribution < -0.4 is 4.74 Å². The van der Waals surface area contributed by atoms with E-state index in [2.05, 4.69) is 42.2 Å². The van der Waals surface area contributed by atoms with Crippen LogP contribution in [0.25, 0.3) is 0 Å². The fourth-order valence-corrected chi connectivity index (χ4v) is 4.67. The first-order valence-corrected chi connectivity index (χ1v) is 12.5. The number of nitrogens with zero attached hydrogens (tertiary/aromatic N) is 2. The maximum Gasteiger partial charge on any atom is 0.255 e. The third-order valence-electron chi connectivity index (χ3n) is 6.28. The smallest absolute Gasteiger partial charge is 0.255 e. The largest absolute Gasteiger partial charge is 0.497 e. The number of carbonyl (C=O) groups excluding carboxylic acids is 1. The number of benzene rings is 3. The zero-order valence-corrected chi connectivity index (χ0v) is 21.6. The number of halogens is 2. The number of aryl methyl sites for hydroxylation is 1. The van der Waals surface area contributed by atoms with Gasteiger partial charge in [-0.15, -0.1) is 0 Å². The molecule has 1 heterocycles. The molecule has 1 unspecified atom stereocenters. The lowest BCUT2D eigenvalue weighted by molar-refractivity contribution is 0.00333. The Kier molecular flexibility index (Phi) is 8.69. The van der Waals surface area contributed by atoms with Crippen molar-refractivity contribution >= 4 is 29.1 Å². The van der Waals surface area contributed by atoms with Crippen LogP contribution in [-0.4, -0.2) is 55.5 Å². The SMILES string of the molecule is COc1cccc(C(CN2CCN(C(=O)c3ccc(Cl)cc3Cl)CC2)OCc2ccc(C)cc2)c1. The molecule has 184 valence electrons. The molecule has 1 atom stereocenters. The molecule has 1 fully saturated rings. The van der Waals surface area contributed by atoms with E-state index in [-0.39, 0.29) is 12.0 Å². The number of carbonyl (C=O) groups is 1. The van der Waals surface area contributed by atoms with Gasteiger partial charge in [0.15, 0.2) is 0 Å². The fourth-order valence-electron chi connectivity index (χ4n) is 4.18. The van der Waals surface area contributed by atoms with Gasteiger partial charge in [0, 0.05) is 37.7 Å². The van der Waals surface area contributed by atoms with Crippen LogP contribution in [0.4, 0.5) is 0 Å². The molecule has 0 bridgehead atoms. The van der Waals surface area contributed by atoms with Gasteiger partial charge in [0.2, 0.25) is 0 Å². The summed E-state index contributed by atoms with van der Waals surface area (Å²) >= 11 is 12.2. The van der Waals surface area contributed by atoms with Crippen molar-refractivity contribution in [3.63, 3.8) is 0 Å². The summed E-state index contributed by atoms with van der Waals surface area (Å²) in [7, 11) is 1.67. The van der Waals surface area contributed by atoms with E-state index in [1.165, 1.54) is 5.56 Å². The standard InChI is InChI=1S/C28H30Cl2N2O3/c1-20-6-8-21(9-7-20)19-35-27(22-4-3-5-24(16-22)34-2)18-31-12-14-32(15-13-31)28(33)25-11-10-23(29)17-26(25)30/h3-11,16-17,27H,12-15,18-19H2,1-2H3. The van der Waals surface area contributed by atoms with E-state index in [1.807, 2.05) is 23.1 Å². The highest BCUT2D eigenvalue weighted by molar-refractivity contribution is 6.36. The number of hydrogen-bond donors (Lipinski definition) is 0. The van der Waals surface area contributed by atoms with Gasteiger partial charge >= 0.3 is 0 Å². The molecule has 0 N–H and O–H groups in total. The van der Waals surface area contributed by atoms with Crippen LogP contribution in [0.3, 0.4) is 0 Å². The lowest BCUT2D eigenvalue weighted by atomic mass is 10.1. The number of piperazine rings is 1. The Morgan fingerprint density at radius 1 is 0.971 bits per heavy atom. The van der Waals surface area contributed by atoms with Crippen molar-refractivity contribution in [2.75, 3.05) is 39.8 Å². The van der Waals surface area contributed by atoms with Crippen molar-refractivity contribution in [2.24, 2.45) is 0 Å². The first-order valence-electron chi connectivity index (χ1n) is 11.7. The molecule has 1 aliphatic heterocycles. The number of ether oxygens (including phenoxy) is 2. The zero-order valence-electron chi connectivity index (χ0n) is 20.0. The molecular weight excluding hydrogens is 483 g/mol. The lowest BCUT2D eigenvalue weighted by Gasteiger charge is -2.36. The molecule has 3 aromatic rings. The first-order chi connectivity index (χ1) is 16.9. The second kappa shape index (κ2) is 11.9. The Morgan fingerprint density at radius 2 is 1.71 bits per heavy atom. The van der Waals surface area contributed by atoms with Crippen LogP contribution in [0.5, 0.6) is 5.75 Å². The Labute approximate surface area is 217 Å². The van der Waals surface area contributed by atoms with E-state index in [0.29, 0.717) is 35.3 Å². The van der Waals surface area contributed by atoms with Gasteiger partial charge in [-0.25, -0.2) is 0 Å². The highest BCUT2D eigenvalue weighted by atomic mass is 35.5. The molecular formula is C28H30Cl2N2O3. The Bertz CT molecular complexity index is 1150. The third-order valence-corrected chi connectivity index (χ3v) is 6.83. The number of rotatable bonds is 8. The van der Waals surface area contributed by atoms with Gasteiger partial charge in [0.25, 0.3) is 5.91 Å².